The van der Waals surface area contributed by atoms with Crippen LogP contribution < -0.4 is 10.9 Å². The van der Waals surface area contributed by atoms with Crippen LogP contribution in [0.5, 0.6) is 0 Å². The molecule has 0 aliphatic carbocycles. The number of rotatable bonds is 14. The van der Waals surface area contributed by atoms with E-state index < -0.39 is 0 Å². The number of benzene rings is 1. The van der Waals surface area contributed by atoms with Gasteiger partial charge in [-0.1, -0.05) is 70.1 Å². The minimum absolute atomic E-state index is 0.255. The molecule has 2 N–H and O–H groups in total. The smallest absolute Gasteiger partial charge is 0.0487 e. The first kappa shape index (κ1) is 20.3. The fraction of sp³-hybridized carbons (Fsp3) is 0.700. The van der Waals surface area contributed by atoms with E-state index in [0.717, 1.165) is 18.5 Å². The molecule has 0 saturated carbocycles. The first-order valence-electron chi connectivity index (χ1n) is 9.43. The van der Waals surface area contributed by atoms with Crippen LogP contribution >= 0.6 is 11.6 Å². The van der Waals surface area contributed by atoms with E-state index in [4.69, 9.17) is 11.6 Å². The van der Waals surface area contributed by atoms with Crippen molar-refractivity contribution in [3.05, 3.63) is 30.3 Å². The summed E-state index contributed by atoms with van der Waals surface area (Å²) >= 11 is 6.12. The van der Waals surface area contributed by atoms with Gasteiger partial charge in [0.25, 0.3) is 0 Å². The van der Waals surface area contributed by atoms with E-state index in [-0.39, 0.29) is 5.38 Å². The van der Waals surface area contributed by atoms with E-state index in [1.807, 2.05) is 6.07 Å². The highest BCUT2D eigenvalue weighted by Gasteiger charge is 2.09. The maximum Gasteiger partial charge on any atom is 0.0487 e. The predicted octanol–water partition coefficient (Wildman–Crippen LogP) is 6.52. The molecule has 0 fully saturated rings. The van der Waals surface area contributed by atoms with E-state index in [0.29, 0.717) is 6.04 Å². The maximum atomic E-state index is 6.12. The van der Waals surface area contributed by atoms with Crippen LogP contribution in [0.3, 0.4) is 0 Å². The van der Waals surface area contributed by atoms with Crippen LogP contribution in [0, 0.1) is 0 Å². The predicted molar refractivity (Wildman–Crippen MR) is 104 cm³/mol. The van der Waals surface area contributed by atoms with Gasteiger partial charge in [0.1, 0.15) is 0 Å². The number of hydrogen-bond donors (Lipinski definition) is 2. The molecular formula is C20H35ClN2. The van der Waals surface area contributed by atoms with Crippen LogP contribution in [-0.4, -0.2) is 11.4 Å². The van der Waals surface area contributed by atoms with Crippen molar-refractivity contribution in [2.75, 3.05) is 5.43 Å². The molecule has 3 heteroatoms. The van der Waals surface area contributed by atoms with Crippen molar-refractivity contribution in [1.29, 1.82) is 0 Å². The third kappa shape index (κ3) is 11.4. The minimum Gasteiger partial charge on any atom is -0.321 e. The zero-order valence-corrected chi connectivity index (χ0v) is 15.7. The topological polar surface area (TPSA) is 24.1 Å². The maximum absolute atomic E-state index is 6.12. The van der Waals surface area contributed by atoms with Crippen molar-refractivity contribution in [1.82, 2.24) is 5.43 Å². The third-order valence-corrected chi connectivity index (χ3v) is 4.48. The Bertz CT molecular complexity index is 367. The van der Waals surface area contributed by atoms with Gasteiger partial charge >= 0.3 is 0 Å². The molecule has 0 amide bonds. The van der Waals surface area contributed by atoms with Gasteiger partial charge in [0, 0.05) is 17.1 Å². The standard InChI is InChI=1S/C20H35ClN2/c1-3-4-5-6-7-8-10-15-20(17-16-18(2)21)23-22-19-13-11-9-12-14-19/h9,11-14,18,20,22-23H,3-8,10,15-17H2,1-2H3. The zero-order valence-electron chi connectivity index (χ0n) is 15.0. The molecule has 1 rings (SSSR count). The van der Waals surface area contributed by atoms with Gasteiger partial charge in [-0.2, -0.15) is 0 Å². The second-order valence-electron chi connectivity index (χ2n) is 6.60. The number of hydrogen-bond acceptors (Lipinski definition) is 2. The van der Waals surface area contributed by atoms with Crippen molar-refractivity contribution in [3.8, 4) is 0 Å². The Morgan fingerprint density at radius 2 is 1.52 bits per heavy atom. The molecule has 0 spiro atoms. The van der Waals surface area contributed by atoms with Crippen molar-refractivity contribution < 1.29 is 0 Å². The lowest BCUT2D eigenvalue weighted by Crippen LogP contribution is -2.34. The molecule has 2 nitrogen and oxygen atoms in total. The van der Waals surface area contributed by atoms with E-state index in [2.05, 4.69) is 49.0 Å². The summed E-state index contributed by atoms with van der Waals surface area (Å²) in [7, 11) is 0. The number of anilines is 1. The average molecular weight is 339 g/mol. The average Bonchev–Trinajstić information content (AvgIpc) is 2.56. The van der Waals surface area contributed by atoms with Gasteiger partial charge < -0.3 is 5.43 Å². The van der Waals surface area contributed by atoms with Crippen molar-refractivity contribution in [2.45, 2.75) is 89.5 Å². The number of hydrazine groups is 1. The Labute approximate surface area is 148 Å². The van der Waals surface area contributed by atoms with Crippen molar-refractivity contribution in [2.24, 2.45) is 0 Å². The molecule has 1 aromatic rings. The summed E-state index contributed by atoms with van der Waals surface area (Å²) in [5.74, 6) is 0. The van der Waals surface area contributed by atoms with Crippen LogP contribution in [0.25, 0.3) is 0 Å². The summed E-state index contributed by atoms with van der Waals surface area (Å²) in [6.07, 6.45) is 13.0. The molecule has 0 heterocycles. The molecule has 0 radical (unpaired) electrons. The van der Waals surface area contributed by atoms with E-state index in [9.17, 15) is 0 Å². The van der Waals surface area contributed by atoms with E-state index >= 15 is 0 Å². The summed E-state index contributed by atoms with van der Waals surface area (Å²) in [6, 6.07) is 10.8. The zero-order chi connectivity index (χ0) is 16.8. The number of para-hydroxylation sites is 1. The Morgan fingerprint density at radius 3 is 2.17 bits per heavy atom. The van der Waals surface area contributed by atoms with Crippen LogP contribution in [-0.2, 0) is 0 Å². The molecule has 2 unspecified atom stereocenters. The lowest BCUT2D eigenvalue weighted by atomic mass is 10.0. The van der Waals surface area contributed by atoms with Crippen LogP contribution in [0.15, 0.2) is 30.3 Å². The number of alkyl halides is 1. The van der Waals surface area contributed by atoms with Crippen molar-refractivity contribution in [3.63, 3.8) is 0 Å². The lowest BCUT2D eigenvalue weighted by Gasteiger charge is -2.20. The van der Waals surface area contributed by atoms with E-state index in [1.54, 1.807) is 0 Å². The van der Waals surface area contributed by atoms with Crippen LogP contribution in [0.2, 0.25) is 0 Å². The molecular weight excluding hydrogens is 304 g/mol. The fourth-order valence-corrected chi connectivity index (χ4v) is 2.90. The minimum atomic E-state index is 0.255. The van der Waals surface area contributed by atoms with Gasteiger partial charge in [0.05, 0.1) is 0 Å². The van der Waals surface area contributed by atoms with E-state index in [1.165, 1.54) is 51.4 Å². The van der Waals surface area contributed by atoms with Gasteiger partial charge in [0.15, 0.2) is 0 Å². The first-order valence-corrected chi connectivity index (χ1v) is 9.86. The second kappa shape index (κ2) is 13.7. The summed E-state index contributed by atoms with van der Waals surface area (Å²) in [6.45, 7) is 4.35. The highest BCUT2D eigenvalue weighted by atomic mass is 35.5. The first-order chi connectivity index (χ1) is 11.2. The molecule has 0 aromatic heterocycles. The summed E-state index contributed by atoms with van der Waals surface area (Å²) in [4.78, 5) is 0. The van der Waals surface area contributed by atoms with Crippen LogP contribution in [0.1, 0.15) is 78.1 Å². The molecule has 1 aromatic carbocycles. The van der Waals surface area contributed by atoms with Gasteiger partial charge in [-0.25, -0.2) is 5.43 Å². The quantitative estimate of drug-likeness (QED) is 0.229. The molecule has 23 heavy (non-hydrogen) atoms. The molecule has 0 bridgehead atoms. The van der Waals surface area contributed by atoms with Gasteiger partial charge in [-0.3, -0.25) is 0 Å². The molecule has 2 atom stereocenters. The van der Waals surface area contributed by atoms with Gasteiger partial charge in [0.2, 0.25) is 0 Å². The molecule has 0 saturated heterocycles. The highest BCUT2D eigenvalue weighted by Crippen LogP contribution is 2.15. The third-order valence-electron chi connectivity index (χ3n) is 4.26. The van der Waals surface area contributed by atoms with Crippen molar-refractivity contribution >= 4 is 17.3 Å². The normalized spacial score (nSPS) is 13.7. The molecule has 132 valence electrons. The second-order valence-corrected chi connectivity index (χ2v) is 7.35. The number of halogens is 1. The SMILES string of the molecule is CCCCCCCCCC(CCC(C)Cl)NNc1ccccc1. The molecule has 0 aliphatic heterocycles. The summed E-state index contributed by atoms with van der Waals surface area (Å²) in [5, 5.41) is 0.255. The Kier molecular flexibility index (Phi) is 12.1. The summed E-state index contributed by atoms with van der Waals surface area (Å²) < 4.78 is 0. The van der Waals surface area contributed by atoms with Gasteiger partial charge in [-0.15, -0.1) is 11.6 Å². The fourth-order valence-electron chi connectivity index (χ4n) is 2.77. The number of unbranched alkanes of at least 4 members (excludes halogenated alkanes) is 6. The Morgan fingerprint density at radius 1 is 0.870 bits per heavy atom. The lowest BCUT2D eigenvalue weighted by molar-refractivity contribution is 0.443. The Hall–Kier alpha value is -0.730. The van der Waals surface area contributed by atoms with Gasteiger partial charge in [-0.05, 0) is 38.3 Å². The van der Waals surface area contributed by atoms with Crippen LogP contribution in [0.4, 0.5) is 5.69 Å². The highest BCUT2D eigenvalue weighted by molar-refractivity contribution is 6.20. The molecule has 0 aliphatic rings. The summed E-state index contributed by atoms with van der Waals surface area (Å²) in [5.41, 5.74) is 7.96. The Balaban J connectivity index is 2.22. The monoisotopic (exact) mass is 338 g/mol. The number of nitrogens with one attached hydrogen (secondary N) is 2. The largest absolute Gasteiger partial charge is 0.321 e.